The van der Waals surface area contributed by atoms with Gasteiger partial charge in [-0.25, -0.2) is 4.79 Å². The normalized spacial score (nSPS) is 11.7. The molecular weight excluding hydrogens is 208 g/mol. The molecule has 1 aromatic rings. The molecule has 0 saturated carbocycles. The van der Waals surface area contributed by atoms with Gasteiger partial charge in [0.1, 0.15) is 5.75 Å². The maximum atomic E-state index is 11.4. The molecule has 16 heavy (non-hydrogen) atoms. The Morgan fingerprint density at radius 2 is 2.06 bits per heavy atom. The van der Waals surface area contributed by atoms with Gasteiger partial charge in [0.15, 0.2) is 0 Å². The van der Waals surface area contributed by atoms with Crippen molar-refractivity contribution in [3.8, 4) is 5.75 Å². The van der Waals surface area contributed by atoms with Crippen LogP contribution in [0.15, 0.2) is 24.3 Å². The summed E-state index contributed by atoms with van der Waals surface area (Å²) in [7, 11) is 1.58. The molecule has 5 heteroatoms. The van der Waals surface area contributed by atoms with Gasteiger partial charge < -0.3 is 20.5 Å². The predicted molar refractivity (Wildman–Crippen MR) is 61.7 cm³/mol. The first-order valence-corrected chi connectivity index (χ1v) is 4.98. The number of aliphatic hydroxyl groups excluding tert-OH is 1. The van der Waals surface area contributed by atoms with Gasteiger partial charge in [0.2, 0.25) is 0 Å². The molecule has 0 heterocycles. The monoisotopic (exact) mass is 224 g/mol. The molecule has 2 amide bonds. The van der Waals surface area contributed by atoms with E-state index < -0.39 is 0 Å². The van der Waals surface area contributed by atoms with Crippen molar-refractivity contribution in [3.05, 3.63) is 24.3 Å². The fourth-order valence-electron chi connectivity index (χ4n) is 1.11. The summed E-state index contributed by atoms with van der Waals surface area (Å²) in [6.07, 6.45) is 0. The zero-order valence-electron chi connectivity index (χ0n) is 9.36. The molecule has 0 bridgehead atoms. The molecule has 0 aliphatic carbocycles. The van der Waals surface area contributed by atoms with E-state index in [9.17, 15) is 4.79 Å². The van der Waals surface area contributed by atoms with Crippen LogP contribution in [0, 0.1) is 0 Å². The van der Waals surface area contributed by atoms with Crippen molar-refractivity contribution >= 4 is 11.7 Å². The lowest BCUT2D eigenvalue weighted by atomic mass is 10.3. The number of benzene rings is 1. The molecule has 0 fully saturated rings. The van der Waals surface area contributed by atoms with Crippen molar-refractivity contribution in [3.63, 3.8) is 0 Å². The lowest BCUT2D eigenvalue weighted by Gasteiger charge is -2.12. The summed E-state index contributed by atoms with van der Waals surface area (Å²) >= 11 is 0. The average molecular weight is 224 g/mol. The highest BCUT2D eigenvalue weighted by Gasteiger charge is 2.05. The second-order valence-electron chi connectivity index (χ2n) is 3.41. The van der Waals surface area contributed by atoms with Gasteiger partial charge in [-0.2, -0.15) is 0 Å². The zero-order valence-corrected chi connectivity index (χ0v) is 9.36. The van der Waals surface area contributed by atoms with E-state index in [1.165, 1.54) is 0 Å². The number of methoxy groups -OCH3 is 1. The van der Waals surface area contributed by atoms with Crippen molar-refractivity contribution < 1.29 is 14.6 Å². The van der Waals surface area contributed by atoms with Gasteiger partial charge in [-0.1, -0.05) is 0 Å². The SMILES string of the molecule is COc1ccc(NC(=O)NC(C)CO)cc1. The molecule has 5 nitrogen and oxygen atoms in total. The van der Waals surface area contributed by atoms with E-state index in [0.717, 1.165) is 5.75 Å². The summed E-state index contributed by atoms with van der Waals surface area (Å²) in [6, 6.07) is 6.38. The van der Waals surface area contributed by atoms with Gasteiger partial charge in [0.25, 0.3) is 0 Å². The Bertz CT molecular complexity index is 338. The average Bonchev–Trinajstić information content (AvgIpc) is 2.29. The number of ether oxygens (including phenoxy) is 1. The van der Waals surface area contributed by atoms with Crippen LogP contribution in [0.4, 0.5) is 10.5 Å². The van der Waals surface area contributed by atoms with Crippen molar-refractivity contribution in [1.29, 1.82) is 0 Å². The molecular formula is C11H16N2O3. The van der Waals surface area contributed by atoms with E-state index in [-0.39, 0.29) is 18.7 Å². The Labute approximate surface area is 94.4 Å². The lowest BCUT2D eigenvalue weighted by Crippen LogP contribution is -2.38. The first kappa shape index (κ1) is 12.3. The van der Waals surface area contributed by atoms with Crippen LogP contribution in [-0.4, -0.2) is 30.9 Å². The van der Waals surface area contributed by atoms with Crippen molar-refractivity contribution in [2.24, 2.45) is 0 Å². The Kier molecular flexibility index (Phi) is 4.60. The number of nitrogens with one attached hydrogen (secondary N) is 2. The van der Waals surface area contributed by atoms with Gasteiger partial charge >= 0.3 is 6.03 Å². The van der Waals surface area contributed by atoms with Crippen LogP contribution in [0.3, 0.4) is 0 Å². The van der Waals surface area contributed by atoms with E-state index in [4.69, 9.17) is 9.84 Å². The summed E-state index contributed by atoms with van der Waals surface area (Å²) in [5.74, 6) is 0.731. The van der Waals surface area contributed by atoms with Crippen LogP contribution in [0.2, 0.25) is 0 Å². The van der Waals surface area contributed by atoms with Crippen LogP contribution in [0.1, 0.15) is 6.92 Å². The molecule has 88 valence electrons. The predicted octanol–water partition coefficient (Wildman–Crippen LogP) is 1.20. The van der Waals surface area contributed by atoms with Gasteiger partial charge in [0.05, 0.1) is 19.8 Å². The second kappa shape index (κ2) is 5.97. The third kappa shape index (κ3) is 3.78. The number of anilines is 1. The van der Waals surface area contributed by atoms with E-state index in [1.807, 2.05) is 0 Å². The van der Waals surface area contributed by atoms with E-state index in [2.05, 4.69) is 10.6 Å². The van der Waals surface area contributed by atoms with Crippen molar-refractivity contribution in [1.82, 2.24) is 5.32 Å². The quantitative estimate of drug-likeness (QED) is 0.719. The number of aliphatic hydroxyl groups is 1. The molecule has 1 rings (SSSR count). The van der Waals surface area contributed by atoms with E-state index in [1.54, 1.807) is 38.3 Å². The topological polar surface area (TPSA) is 70.6 Å². The number of hydrogen-bond donors (Lipinski definition) is 3. The van der Waals surface area contributed by atoms with Crippen LogP contribution >= 0.6 is 0 Å². The highest BCUT2D eigenvalue weighted by atomic mass is 16.5. The minimum atomic E-state index is -0.341. The first-order chi connectivity index (χ1) is 7.65. The Morgan fingerprint density at radius 1 is 1.44 bits per heavy atom. The molecule has 3 N–H and O–H groups in total. The summed E-state index contributed by atoms with van der Waals surface area (Å²) in [4.78, 5) is 11.4. The molecule has 0 radical (unpaired) electrons. The molecule has 1 aromatic carbocycles. The lowest BCUT2D eigenvalue weighted by molar-refractivity contribution is 0.229. The summed E-state index contributed by atoms with van der Waals surface area (Å²) < 4.78 is 4.99. The molecule has 0 spiro atoms. The summed E-state index contributed by atoms with van der Waals surface area (Å²) in [5.41, 5.74) is 0.670. The molecule has 1 atom stereocenters. The standard InChI is InChI=1S/C11H16N2O3/c1-8(7-14)12-11(15)13-9-3-5-10(16-2)6-4-9/h3-6,8,14H,7H2,1-2H3,(H2,12,13,15). The number of hydrogen-bond acceptors (Lipinski definition) is 3. The van der Waals surface area contributed by atoms with Gasteiger partial charge in [-0.05, 0) is 31.2 Å². The highest BCUT2D eigenvalue weighted by molar-refractivity contribution is 5.89. The summed E-state index contributed by atoms with van der Waals surface area (Å²) in [5, 5.41) is 14.0. The number of carbonyl (C=O) groups is 1. The van der Waals surface area contributed by atoms with Gasteiger partial charge in [-0.3, -0.25) is 0 Å². The number of carbonyl (C=O) groups excluding carboxylic acids is 1. The third-order valence-corrected chi connectivity index (χ3v) is 2.00. The Hall–Kier alpha value is -1.75. The molecule has 0 aliphatic rings. The largest absolute Gasteiger partial charge is 0.497 e. The van der Waals surface area contributed by atoms with Gasteiger partial charge in [-0.15, -0.1) is 0 Å². The molecule has 0 saturated heterocycles. The maximum absolute atomic E-state index is 11.4. The van der Waals surface area contributed by atoms with Gasteiger partial charge in [0, 0.05) is 5.69 Å². The minimum absolute atomic E-state index is 0.0873. The smallest absolute Gasteiger partial charge is 0.319 e. The summed E-state index contributed by atoms with van der Waals surface area (Å²) in [6.45, 7) is 1.63. The van der Waals surface area contributed by atoms with E-state index >= 15 is 0 Å². The van der Waals surface area contributed by atoms with Crippen LogP contribution in [-0.2, 0) is 0 Å². The highest BCUT2D eigenvalue weighted by Crippen LogP contribution is 2.14. The zero-order chi connectivity index (χ0) is 12.0. The number of urea groups is 1. The minimum Gasteiger partial charge on any atom is -0.497 e. The first-order valence-electron chi connectivity index (χ1n) is 4.98. The molecule has 1 unspecified atom stereocenters. The number of amides is 2. The van der Waals surface area contributed by atoms with E-state index in [0.29, 0.717) is 5.69 Å². The third-order valence-electron chi connectivity index (χ3n) is 2.00. The van der Waals surface area contributed by atoms with Crippen LogP contribution in [0.25, 0.3) is 0 Å². The van der Waals surface area contributed by atoms with Crippen LogP contribution < -0.4 is 15.4 Å². The second-order valence-corrected chi connectivity index (χ2v) is 3.41. The van der Waals surface area contributed by atoms with Crippen molar-refractivity contribution in [2.75, 3.05) is 19.0 Å². The maximum Gasteiger partial charge on any atom is 0.319 e. The fraction of sp³-hybridized carbons (Fsp3) is 0.364. The fourth-order valence-corrected chi connectivity index (χ4v) is 1.11. The molecule has 0 aromatic heterocycles. The molecule has 0 aliphatic heterocycles. The Balaban J connectivity index is 2.49. The number of rotatable bonds is 4. The van der Waals surface area contributed by atoms with Crippen LogP contribution in [0.5, 0.6) is 5.75 Å². The van der Waals surface area contributed by atoms with Crippen molar-refractivity contribution in [2.45, 2.75) is 13.0 Å². The Morgan fingerprint density at radius 3 is 2.56 bits per heavy atom.